The summed E-state index contributed by atoms with van der Waals surface area (Å²) in [5.41, 5.74) is 1.21. The minimum absolute atomic E-state index is 0. The van der Waals surface area contributed by atoms with E-state index in [1.165, 1.54) is 12.1 Å². The molecule has 0 bridgehead atoms. The van der Waals surface area contributed by atoms with E-state index in [1.54, 1.807) is 12.3 Å². The number of carbonyl (C=O) groups excluding carboxylic acids is 1. The van der Waals surface area contributed by atoms with Gasteiger partial charge in [-0.05, 0) is 57.0 Å². The number of rotatable bonds is 4. The lowest BCUT2D eigenvalue weighted by atomic mass is 10.0. The summed E-state index contributed by atoms with van der Waals surface area (Å²) in [7, 11) is 0. The van der Waals surface area contributed by atoms with E-state index in [1.807, 2.05) is 10.7 Å². The van der Waals surface area contributed by atoms with E-state index in [2.05, 4.69) is 25.8 Å². The molecule has 10 heteroatoms. The van der Waals surface area contributed by atoms with E-state index in [4.69, 9.17) is 0 Å². The zero-order chi connectivity index (χ0) is 18.6. The maximum Gasteiger partial charge on any atom is 0.273 e. The Morgan fingerprint density at radius 2 is 2.00 bits per heavy atom. The monoisotopic (exact) mass is 444 g/mol. The summed E-state index contributed by atoms with van der Waals surface area (Å²) in [5, 5.41) is 14.6. The molecule has 2 aliphatic rings. The zero-order valence-corrected chi connectivity index (χ0v) is 17.7. The van der Waals surface area contributed by atoms with E-state index in [0.717, 1.165) is 51.0 Å². The molecule has 160 valence electrons. The first-order valence-electron chi connectivity index (χ1n) is 9.63. The number of hydrogen-bond donors (Lipinski definition) is 2. The van der Waals surface area contributed by atoms with Gasteiger partial charge in [0.05, 0.1) is 12.2 Å². The second-order valence-electron chi connectivity index (χ2n) is 7.30. The molecular formula is C19H27Cl2FN6O. The number of aromatic nitrogens is 3. The van der Waals surface area contributed by atoms with Gasteiger partial charge in [0.2, 0.25) is 0 Å². The van der Waals surface area contributed by atoms with E-state index in [9.17, 15) is 9.18 Å². The van der Waals surface area contributed by atoms with Gasteiger partial charge in [-0.15, -0.1) is 29.9 Å². The summed E-state index contributed by atoms with van der Waals surface area (Å²) in [6.45, 7) is 3.45. The summed E-state index contributed by atoms with van der Waals surface area (Å²) in [4.78, 5) is 14.7. The Bertz CT molecular complexity index is 799. The number of piperidine rings is 2. The van der Waals surface area contributed by atoms with Crippen molar-refractivity contribution in [2.24, 2.45) is 0 Å². The molecule has 1 amide bonds. The van der Waals surface area contributed by atoms with Crippen LogP contribution in [-0.2, 0) is 0 Å². The van der Waals surface area contributed by atoms with Gasteiger partial charge < -0.3 is 15.5 Å². The third-order valence-electron chi connectivity index (χ3n) is 5.36. The SMILES string of the molecule is Cl.Cl.O=C(NC1CCCN(c2cccc(F)c2)C1)c1cn(C2CCNCC2)nn1. The van der Waals surface area contributed by atoms with Gasteiger partial charge in [0.25, 0.3) is 5.91 Å². The summed E-state index contributed by atoms with van der Waals surface area (Å²) < 4.78 is 15.3. The number of carbonyl (C=O) groups is 1. The van der Waals surface area contributed by atoms with Gasteiger partial charge in [-0.2, -0.15) is 0 Å². The van der Waals surface area contributed by atoms with Crippen LogP contribution in [0.4, 0.5) is 10.1 Å². The summed E-state index contributed by atoms with van der Waals surface area (Å²) in [6.07, 6.45) is 5.59. The van der Waals surface area contributed by atoms with Crippen molar-refractivity contribution in [1.29, 1.82) is 0 Å². The maximum atomic E-state index is 13.5. The van der Waals surface area contributed by atoms with Crippen molar-refractivity contribution in [3.05, 3.63) is 42.0 Å². The van der Waals surface area contributed by atoms with Gasteiger partial charge in [0.1, 0.15) is 5.82 Å². The highest BCUT2D eigenvalue weighted by Gasteiger charge is 2.24. The average molecular weight is 445 g/mol. The number of amides is 1. The van der Waals surface area contributed by atoms with Crippen molar-refractivity contribution in [1.82, 2.24) is 25.6 Å². The number of benzene rings is 1. The molecule has 0 radical (unpaired) electrons. The van der Waals surface area contributed by atoms with Gasteiger partial charge in [0, 0.05) is 24.8 Å². The Morgan fingerprint density at radius 1 is 1.21 bits per heavy atom. The van der Waals surface area contributed by atoms with E-state index < -0.39 is 0 Å². The molecule has 2 aromatic rings. The van der Waals surface area contributed by atoms with Gasteiger partial charge in [-0.3, -0.25) is 4.79 Å². The van der Waals surface area contributed by atoms with Crippen LogP contribution >= 0.6 is 24.8 Å². The van der Waals surface area contributed by atoms with Crippen LogP contribution in [0.5, 0.6) is 0 Å². The van der Waals surface area contributed by atoms with Crippen molar-refractivity contribution in [3.8, 4) is 0 Å². The molecule has 0 saturated carbocycles. The Kier molecular flexibility index (Phi) is 8.67. The normalized spacial score (nSPS) is 19.8. The fourth-order valence-electron chi connectivity index (χ4n) is 3.89. The van der Waals surface area contributed by atoms with Crippen molar-refractivity contribution in [2.75, 3.05) is 31.1 Å². The van der Waals surface area contributed by atoms with Crippen LogP contribution < -0.4 is 15.5 Å². The third kappa shape index (κ3) is 5.81. The zero-order valence-electron chi connectivity index (χ0n) is 16.1. The lowest BCUT2D eigenvalue weighted by molar-refractivity contribution is 0.0928. The first kappa shape index (κ1) is 23.4. The van der Waals surface area contributed by atoms with Crippen molar-refractivity contribution in [2.45, 2.75) is 37.8 Å². The summed E-state index contributed by atoms with van der Waals surface area (Å²) in [6, 6.07) is 6.91. The second-order valence-corrected chi connectivity index (χ2v) is 7.30. The fourth-order valence-corrected chi connectivity index (χ4v) is 3.89. The molecule has 2 saturated heterocycles. The Morgan fingerprint density at radius 3 is 2.76 bits per heavy atom. The standard InChI is InChI=1S/C19H25FN6O.2ClH/c20-14-3-1-5-17(11-14)25-10-2-4-15(12-25)22-19(27)18-13-26(24-23-18)16-6-8-21-9-7-16;;/h1,3,5,11,13,15-16,21H,2,4,6-10,12H2,(H,22,27);2*1H. The van der Waals surface area contributed by atoms with Crippen LogP contribution in [0.1, 0.15) is 42.2 Å². The first-order valence-corrected chi connectivity index (χ1v) is 9.63. The van der Waals surface area contributed by atoms with Crippen molar-refractivity contribution >= 4 is 36.4 Å². The molecule has 4 rings (SSSR count). The molecule has 0 aliphatic carbocycles. The van der Waals surface area contributed by atoms with E-state index >= 15 is 0 Å². The fraction of sp³-hybridized carbons (Fsp3) is 0.526. The Labute approximate surface area is 182 Å². The van der Waals surface area contributed by atoms with Gasteiger partial charge >= 0.3 is 0 Å². The second kappa shape index (κ2) is 10.8. The molecule has 0 spiro atoms. The first-order chi connectivity index (χ1) is 13.2. The quantitative estimate of drug-likeness (QED) is 0.757. The predicted octanol–water partition coefficient (Wildman–Crippen LogP) is 2.58. The Hall–Kier alpha value is -1.90. The highest BCUT2D eigenvalue weighted by atomic mass is 35.5. The highest BCUT2D eigenvalue weighted by Crippen LogP contribution is 2.21. The topological polar surface area (TPSA) is 75.1 Å². The molecule has 7 nitrogen and oxygen atoms in total. The molecular weight excluding hydrogens is 418 g/mol. The van der Waals surface area contributed by atoms with Crippen LogP contribution in [0, 0.1) is 5.82 Å². The van der Waals surface area contributed by atoms with E-state index in [0.29, 0.717) is 18.3 Å². The molecule has 2 fully saturated rings. The van der Waals surface area contributed by atoms with Gasteiger partial charge in [0.15, 0.2) is 5.69 Å². The molecule has 3 heterocycles. The van der Waals surface area contributed by atoms with Crippen LogP contribution in [0.3, 0.4) is 0 Å². The molecule has 2 aliphatic heterocycles. The number of halogens is 3. The molecule has 2 N–H and O–H groups in total. The minimum atomic E-state index is -0.242. The molecule has 1 aromatic heterocycles. The lowest BCUT2D eigenvalue weighted by Gasteiger charge is -2.34. The minimum Gasteiger partial charge on any atom is -0.369 e. The molecule has 1 atom stereocenters. The van der Waals surface area contributed by atoms with Crippen LogP contribution in [0.25, 0.3) is 0 Å². The Balaban J connectivity index is 0.00000150. The lowest BCUT2D eigenvalue weighted by Crippen LogP contribution is -2.48. The van der Waals surface area contributed by atoms with Crippen LogP contribution in [0.15, 0.2) is 30.5 Å². The van der Waals surface area contributed by atoms with Crippen LogP contribution in [0.2, 0.25) is 0 Å². The van der Waals surface area contributed by atoms with Crippen molar-refractivity contribution < 1.29 is 9.18 Å². The maximum absolute atomic E-state index is 13.5. The highest BCUT2D eigenvalue weighted by molar-refractivity contribution is 5.92. The average Bonchev–Trinajstić information content (AvgIpc) is 3.19. The van der Waals surface area contributed by atoms with Gasteiger partial charge in [-0.25, -0.2) is 9.07 Å². The van der Waals surface area contributed by atoms with Gasteiger partial charge in [-0.1, -0.05) is 11.3 Å². The summed E-state index contributed by atoms with van der Waals surface area (Å²) >= 11 is 0. The van der Waals surface area contributed by atoms with Crippen molar-refractivity contribution in [3.63, 3.8) is 0 Å². The number of nitrogens with one attached hydrogen (secondary N) is 2. The number of nitrogens with zero attached hydrogens (tertiary/aromatic N) is 4. The molecule has 1 unspecified atom stereocenters. The number of hydrogen-bond acceptors (Lipinski definition) is 5. The predicted molar refractivity (Wildman–Crippen MR) is 115 cm³/mol. The molecule has 1 aromatic carbocycles. The molecule has 29 heavy (non-hydrogen) atoms. The van der Waals surface area contributed by atoms with E-state index in [-0.39, 0.29) is 42.6 Å². The largest absolute Gasteiger partial charge is 0.369 e. The van der Waals surface area contributed by atoms with Crippen LogP contribution in [-0.4, -0.2) is 53.1 Å². The number of anilines is 1. The third-order valence-corrected chi connectivity index (χ3v) is 5.36. The smallest absolute Gasteiger partial charge is 0.273 e. The summed E-state index contributed by atoms with van der Waals surface area (Å²) in [5.74, 6) is -0.436.